The zero-order chi connectivity index (χ0) is 21.7. The van der Waals surface area contributed by atoms with Crippen LogP contribution in [0.15, 0.2) is 11.3 Å². The smallest absolute Gasteiger partial charge is 0.457 e. The molecular weight excluding hydrogens is 406 g/mol. The third-order valence-electron chi connectivity index (χ3n) is 3.89. The summed E-state index contributed by atoms with van der Waals surface area (Å²) < 4.78 is 19.9. The van der Waals surface area contributed by atoms with Crippen LogP contribution in [0.3, 0.4) is 0 Å². The van der Waals surface area contributed by atoms with Crippen LogP contribution in [0.2, 0.25) is 0 Å². The van der Waals surface area contributed by atoms with Crippen LogP contribution in [0.5, 0.6) is 0 Å². The van der Waals surface area contributed by atoms with Gasteiger partial charge in [-0.05, 0) is 13.8 Å². The summed E-state index contributed by atoms with van der Waals surface area (Å²) in [6.45, 7) is 2.74. The lowest BCUT2D eigenvalue weighted by Gasteiger charge is -2.48. The van der Waals surface area contributed by atoms with Crippen LogP contribution >= 0.6 is 11.8 Å². The van der Waals surface area contributed by atoms with Gasteiger partial charge in [0.1, 0.15) is 36.9 Å². The number of hydrogen-bond acceptors (Lipinski definition) is 10. The number of ether oxygens (including phenoxy) is 4. The Bertz CT molecular complexity index is 709. The highest BCUT2D eigenvalue weighted by Crippen LogP contribution is 2.39. The van der Waals surface area contributed by atoms with Gasteiger partial charge >= 0.3 is 18.2 Å². The van der Waals surface area contributed by atoms with Crippen molar-refractivity contribution in [3.8, 4) is 0 Å². The number of rotatable bonds is 7. The summed E-state index contributed by atoms with van der Waals surface area (Å²) >= 11 is 1.38. The van der Waals surface area contributed by atoms with E-state index in [-0.39, 0.29) is 37.0 Å². The average molecular weight is 431 g/mol. The Labute approximate surface area is 172 Å². The maximum atomic E-state index is 12.6. The van der Waals surface area contributed by atoms with E-state index in [1.54, 1.807) is 13.8 Å². The minimum absolute atomic E-state index is 0.0109. The van der Waals surface area contributed by atoms with E-state index in [2.05, 4.69) is 0 Å². The summed E-state index contributed by atoms with van der Waals surface area (Å²) in [7, 11) is 3.06. The predicted octanol–water partition coefficient (Wildman–Crippen LogP) is 0.286. The van der Waals surface area contributed by atoms with Crippen LogP contribution in [0.25, 0.3) is 0 Å². The minimum Gasteiger partial charge on any atom is -0.457 e. The third-order valence-corrected chi connectivity index (χ3v) is 5.25. The van der Waals surface area contributed by atoms with Crippen LogP contribution in [-0.4, -0.2) is 91.1 Å². The first-order chi connectivity index (χ1) is 13.6. The molecule has 2 N–H and O–H groups in total. The maximum Gasteiger partial charge on any atom is 0.508 e. The molecule has 2 heterocycles. The van der Waals surface area contributed by atoms with Crippen molar-refractivity contribution in [3.05, 3.63) is 11.3 Å². The molecule has 2 aliphatic rings. The van der Waals surface area contributed by atoms with Crippen LogP contribution in [-0.2, 0) is 28.5 Å². The molecule has 2 aliphatic heterocycles. The van der Waals surface area contributed by atoms with Gasteiger partial charge in [-0.1, -0.05) is 0 Å². The molecule has 2 rings (SSSR count). The first-order valence-corrected chi connectivity index (χ1v) is 9.95. The van der Waals surface area contributed by atoms with Gasteiger partial charge in [0.2, 0.25) is 5.91 Å². The van der Waals surface area contributed by atoms with Gasteiger partial charge in [0.05, 0.1) is 6.10 Å². The largest absolute Gasteiger partial charge is 0.508 e. The highest BCUT2D eigenvalue weighted by atomic mass is 32.2. The zero-order valence-corrected chi connectivity index (χ0v) is 17.5. The molecule has 2 atom stereocenters. The lowest BCUT2D eigenvalue weighted by atomic mass is 10.0. The predicted molar refractivity (Wildman–Crippen MR) is 102 cm³/mol. The second-order valence-corrected chi connectivity index (χ2v) is 7.84. The van der Waals surface area contributed by atoms with E-state index in [4.69, 9.17) is 24.7 Å². The van der Waals surface area contributed by atoms with Crippen molar-refractivity contribution < 1.29 is 38.1 Å². The molecule has 0 saturated carbocycles. The van der Waals surface area contributed by atoms with Crippen LogP contribution in [0.1, 0.15) is 13.8 Å². The molecule has 0 aliphatic carbocycles. The van der Waals surface area contributed by atoms with Gasteiger partial charge in [-0.15, -0.1) is 11.8 Å². The van der Waals surface area contributed by atoms with Crippen LogP contribution in [0.4, 0.5) is 9.59 Å². The van der Waals surface area contributed by atoms with Crippen LogP contribution in [0, 0.1) is 0 Å². The number of carbonyl (C=O) groups excluding carboxylic acids is 4. The molecule has 0 spiro atoms. The van der Waals surface area contributed by atoms with E-state index in [9.17, 15) is 19.2 Å². The van der Waals surface area contributed by atoms with Gasteiger partial charge in [-0.25, -0.2) is 14.4 Å². The van der Waals surface area contributed by atoms with Crippen molar-refractivity contribution in [3.63, 3.8) is 0 Å². The Morgan fingerprint density at radius 1 is 1.21 bits per heavy atom. The molecule has 0 bridgehead atoms. The second-order valence-electron chi connectivity index (χ2n) is 6.74. The number of fused-ring (bicyclic) bond motifs is 1. The highest BCUT2D eigenvalue weighted by Gasteiger charge is 2.52. The number of amides is 2. The van der Waals surface area contributed by atoms with E-state index in [1.165, 1.54) is 35.7 Å². The quantitative estimate of drug-likeness (QED) is 0.259. The monoisotopic (exact) mass is 431 g/mol. The fourth-order valence-corrected chi connectivity index (χ4v) is 3.79. The van der Waals surface area contributed by atoms with Crippen molar-refractivity contribution in [1.29, 1.82) is 0 Å². The molecule has 29 heavy (non-hydrogen) atoms. The summed E-state index contributed by atoms with van der Waals surface area (Å²) in [5, 5.41) is -0.379. The standard InChI is InChI=1S/C17H25N3O8S/c1-9(2)28-17(24)26-6-5-25-15(22)12-10(7-27-16(23)19(3)4)8-29-14-11(18)13(21)20(12)14/h9,11,14H,5-8,18H2,1-4H3/t11?,14-/m0/s1. The molecular formula is C17H25N3O8S. The Kier molecular flexibility index (Phi) is 7.73. The van der Waals surface area contributed by atoms with Gasteiger partial charge < -0.3 is 29.6 Å². The fourth-order valence-electron chi connectivity index (χ4n) is 2.51. The normalized spacial score (nSPS) is 20.6. The molecule has 1 fully saturated rings. The van der Waals surface area contributed by atoms with E-state index in [1.807, 2.05) is 0 Å². The van der Waals surface area contributed by atoms with Crippen LogP contribution < -0.4 is 5.73 Å². The topological polar surface area (TPSA) is 138 Å². The zero-order valence-electron chi connectivity index (χ0n) is 16.7. The summed E-state index contributed by atoms with van der Waals surface area (Å²) in [6, 6.07) is -0.706. The highest BCUT2D eigenvalue weighted by molar-refractivity contribution is 8.00. The Balaban J connectivity index is 2.01. The molecule has 2 amide bonds. The molecule has 0 aromatic rings. The lowest BCUT2D eigenvalue weighted by Crippen LogP contribution is -2.68. The van der Waals surface area contributed by atoms with Crippen molar-refractivity contribution >= 4 is 35.9 Å². The number of nitrogens with zero attached hydrogens (tertiary/aromatic N) is 2. The van der Waals surface area contributed by atoms with Crippen molar-refractivity contribution in [1.82, 2.24) is 9.80 Å². The first kappa shape index (κ1) is 22.8. The fraction of sp³-hybridized carbons (Fsp3) is 0.647. The van der Waals surface area contributed by atoms with Gasteiger partial charge in [0.15, 0.2) is 0 Å². The maximum absolute atomic E-state index is 12.6. The number of esters is 1. The Morgan fingerprint density at radius 2 is 1.86 bits per heavy atom. The lowest BCUT2D eigenvalue weighted by molar-refractivity contribution is -0.151. The number of β-lactam (4-membered cyclic amide) rings is 1. The van der Waals surface area contributed by atoms with Crippen molar-refractivity contribution in [2.24, 2.45) is 5.73 Å². The van der Waals surface area contributed by atoms with Crippen molar-refractivity contribution in [2.75, 3.05) is 39.7 Å². The molecule has 0 radical (unpaired) electrons. The number of thioether (sulfide) groups is 1. The van der Waals surface area contributed by atoms with E-state index in [0.29, 0.717) is 11.3 Å². The van der Waals surface area contributed by atoms with Gasteiger partial charge in [0.25, 0.3) is 0 Å². The average Bonchev–Trinajstić information content (AvgIpc) is 2.67. The minimum atomic E-state index is -0.871. The Hall–Kier alpha value is -2.47. The molecule has 0 aromatic heterocycles. The first-order valence-electron chi connectivity index (χ1n) is 8.90. The van der Waals surface area contributed by atoms with Gasteiger partial charge in [-0.3, -0.25) is 9.69 Å². The SMILES string of the molecule is CC(C)OC(=O)OCCOC(=O)C1=C(COC(=O)N(C)C)CS[C@H]2C(N)C(=O)N12. The summed E-state index contributed by atoms with van der Waals surface area (Å²) in [5.74, 6) is -0.848. The molecule has 0 aromatic carbocycles. The van der Waals surface area contributed by atoms with Gasteiger partial charge in [-0.2, -0.15) is 0 Å². The second kappa shape index (κ2) is 9.83. The van der Waals surface area contributed by atoms with Gasteiger partial charge in [0, 0.05) is 25.4 Å². The number of nitrogens with two attached hydrogens (primary N) is 1. The molecule has 1 saturated heterocycles. The third kappa shape index (κ3) is 5.54. The summed E-state index contributed by atoms with van der Waals surface area (Å²) in [4.78, 5) is 50.3. The number of carbonyl (C=O) groups is 4. The molecule has 12 heteroatoms. The van der Waals surface area contributed by atoms with E-state index in [0.717, 1.165) is 0 Å². The number of hydrogen-bond donors (Lipinski definition) is 1. The molecule has 1 unspecified atom stereocenters. The Morgan fingerprint density at radius 3 is 2.48 bits per heavy atom. The molecule has 162 valence electrons. The molecule has 11 nitrogen and oxygen atoms in total. The summed E-state index contributed by atoms with van der Waals surface area (Å²) in [6.07, 6.45) is -1.79. The summed E-state index contributed by atoms with van der Waals surface area (Å²) in [5.41, 5.74) is 6.24. The van der Waals surface area contributed by atoms with Crippen molar-refractivity contribution in [2.45, 2.75) is 31.4 Å². The van der Waals surface area contributed by atoms with E-state index < -0.39 is 30.2 Å². The van der Waals surface area contributed by atoms with E-state index >= 15 is 0 Å².